The van der Waals surface area contributed by atoms with Crippen molar-refractivity contribution in [2.45, 2.75) is 226 Å². The average molecular weight is 706 g/mol. The Balaban J connectivity index is 4.08. The first-order valence-corrected chi connectivity index (χ1v) is 21.7. The van der Waals surface area contributed by atoms with Crippen LogP contribution in [0.2, 0.25) is 0 Å². The maximum atomic E-state index is 12.7. The molecule has 0 aliphatic rings. The molecule has 0 aromatic carbocycles. The number of carbonyl (C=O) groups excluding carboxylic acids is 2. The van der Waals surface area contributed by atoms with Crippen LogP contribution in [-0.4, -0.2) is 60.9 Å². The number of carbonyl (C=O) groups is 2. The van der Waals surface area contributed by atoms with E-state index in [1.54, 1.807) is 0 Å². The molecule has 0 aromatic heterocycles. The third-order valence-electron chi connectivity index (χ3n) is 9.74. The largest absolute Gasteiger partial charge is 0.462 e. The van der Waals surface area contributed by atoms with Crippen LogP contribution in [0.3, 0.4) is 0 Å². The van der Waals surface area contributed by atoms with Gasteiger partial charge in [0.05, 0.1) is 0 Å². The Morgan fingerprint density at radius 2 is 0.960 bits per heavy atom. The van der Waals surface area contributed by atoms with E-state index in [0.29, 0.717) is 12.8 Å². The molecule has 0 heterocycles. The van der Waals surface area contributed by atoms with Crippen molar-refractivity contribution >= 4 is 11.9 Å². The van der Waals surface area contributed by atoms with Gasteiger partial charge in [0.25, 0.3) is 0 Å². The molecular weight excluding hydrogens is 622 g/mol. The molecule has 50 heavy (non-hydrogen) atoms. The molecule has 0 spiro atoms. The summed E-state index contributed by atoms with van der Waals surface area (Å²) < 4.78 is 11.2. The molecule has 0 aliphatic carbocycles. The molecule has 0 radical (unpaired) electrons. The average Bonchev–Trinajstić information content (AvgIpc) is 3.11. The molecule has 0 aromatic rings. The summed E-state index contributed by atoms with van der Waals surface area (Å²) >= 11 is 0. The van der Waals surface area contributed by atoms with Crippen molar-refractivity contribution in [1.82, 2.24) is 4.90 Å². The minimum Gasteiger partial charge on any atom is -0.462 e. The second kappa shape index (κ2) is 40.2. The highest BCUT2D eigenvalue weighted by Crippen LogP contribution is 2.18. The first kappa shape index (κ1) is 48.4. The molecule has 294 valence electrons. The number of ether oxygens (including phenoxy) is 2. The zero-order valence-corrected chi connectivity index (χ0v) is 33.6. The van der Waals surface area contributed by atoms with Gasteiger partial charge in [-0.25, -0.2) is 0 Å². The Morgan fingerprint density at radius 3 is 1.50 bits per heavy atom. The van der Waals surface area contributed by atoms with Crippen molar-refractivity contribution in [3.05, 3.63) is 0 Å². The summed E-state index contributed by atoms with van der Waals surface area (Å²) in [6.45, 7) is 10.3. The summed E-state index contributed by atoms with van der Waals surface area (Å²) in [6, 6.07) is 0. The lowest BCUT2D eigenvalue weighted by Gasteiger charge is -2.22. The zero-order chi connectivity index (χ0) is 36.6. The number of hydrogen-bond acceptors (Lipinski definition) is 6. The van der Waals surface area contributed by atoms with E-state index < -0.39 is 0 Å². The quantitative estimate of drug-likeness (QED) is 0.0391. The van der Waals surface area contributed by atoms with Crippen LogP contribution in [-0.2, 0) is 19.1 Å². The third-order valence-corrected chi connectivity index (χ3v) is 9.74. The molecule has 0 aliphatic heterocycles. The second-order valence-corrected chi connectivity index (χ2v) is 14.7. The fraction of sp³-hybridized carbons (Fsp3) is 0.909. The lowest BCUT2D eigenvalue weighted by atomic mass is 10.0. The van der Waals surface area contributed by atoms with Crippen LogP contribution in [0.1, 0.15) is 220 Å². The summed E-state index contributed by atoms with van der Waals surface area (Å²) in [7, 11) is 0. The second-order valence-electron chi connectivity index (χ2n) is 14.7. The van der Waals surface area contributed by atoms with E-state index in [1.165, 1.54) is 109 Å². The van der Waals surface area contributed by atoms with Crippen LogP contribution in [0.5, 0.6) is 0 Å². The van der Waals surface area contributed by atoms with Crippen molar-refractivity contribution in [2.75, 3.05) is 32.8 Å². The molecular formula is C44H83NO5. The van der Waals surface area contributed by atoms with Gasteiger partial charge in [0.1, 0.15) is 6.10 Å². The Kier molecular flexibility index (Phi) is 38.9. The van der Waals surface area contributed by atoms with Gasteiger partial charge < -0.3 is 19.5 Å². The van der Waals surface area contributed by atoms with Crippen LogP contribution in [0.4, 0.5) is 0 Å². The fourth-order valence-electron chi connectivity index (χ4n) is 6.50. The number of aliphatic hydroxyl groups excluding tert-OH is 1. The van der Waals surface area contributed by atoms with E-state index in [2.05, 4.69) is 37.5 Å². The van der Waals surface area contributed by atoms with Crippen molar-refractivity contribution < 1.29 is 24.2 Å². The Morgan fingerprint density at radius 1 is 0.520 bits per heavy atom. The molecule has 0 unspecified atom stereocenters. The lowest BCUT2D eigenvalue weighted by molar-refractivity contribution is -0.150. The van der Waals surface area contributed by atoms with E-state index in [9.17, 15) is 14.7 Å². The first-order chi connectivity index (χ1) is 24.6. The van der Waals surface area contributed by atoms with E-state index >= 15 is 0 Å². The highest BCUT2D eigenvalue weighted by Gasteiger charge is 2.14. The molecule has 0 saturated heterocycles. The van der Waals surface area contributed by atoms with Crippen molar-refractivity contribution in [3.8, 4) is 11.8 Å². The van der Waals surface area contributed by atoms with Gasteiger partial charge in [-0.3, -0.25) is 9.59 Å². The molecule has 6 heteroatoms. The first-order valence-electron chi connectivity index (χ1n) is 21.7. The van der Waals surface area contributed by atoms with Crippen LogP contribution < -0.4 is 0 Å². The SMILES string of the molecule is CCCCCC#CCOC(=O)CCCCCCCN(CCCO)CCCCCCCC(=O)OC(CCCCCCCC)CCCCCCCC. The van der Waals surface area contributed by atoms with Gasteiger partial charge in [-0.2, -0.15) is 0 Å². The van der Waals surface area contributed by atoms with Gasteiger partial charge >= 0.3 is 11.9 Å². The molecule has 0 bridgehead atoms. The summed E-state index contributed by atoms with van der Waals surface area (Å²) in [5.41, 5.74) is 0. The molecule has 0 atom stereocenters. The van der Waals surface area contributed by atoms with Gasteiger partial charge in [-0.15, -0.1) is 0 Å². The van der Waals surface area contributed by atoms with E-state index in [-0.39, 0.29) is 31.3 Å². The predicted octanol–water partition coefficient (Wildman–Crippen LogP) is 11.9. The van der Waals surface area contributed by atoms with Crippen LogP contribution in [0.15, 0.2) is 0 Å². The van der Waals surface area contributed by atoms with E-state index in [0.717, 1.165) is 96.7 Å². The summed E-state index contributed by atoms with van der Waals surface area (Å²) in [5.74, 6) is 5.91. The van der Waals surface area contributed by atoms with Crippen LogP contribution in [0, 0.1) is 11.8 Å². The van der Waals surface area contributed by atoms with Crippen LogP contribution in [0.25, 0.3) is 0 Å². The minimum absolute atomic E-state index is 0.0143. The van der Waals surface area contributed by atoms with Gasteiger partial charge in [-0.05, 0) is 77.3 Å². The Bertz CT molecular complexity index is 775. The normalized spacial score (nSPS) is 11.2. The van der Waals surface area contributed by atoms with Gasteiger partial charge in [0, 0.05) is 32.4 Å². The molecule has 0 rings (SSSR count). The standard InChI is InChI=1S/C44H83NO5/c1-4-7-10-13-18-25-33-42(34-26-19-14-11-8-5-2)50-44(48)36-28-21-17-23-30-38-45(39-32-40-46)37-29-22-16-20-27-35-43(47)49-41-31-24-15-12-9-6-3/h42,46H,4-23,25-30,32-41H2,1-3H3. The third kappa shape index (κ3) is 36.2. The number of nitrogens with zero attached hydrogens (tertiary/aromatic N) is 1. The topological polar surface area (TPSA) is 76.1 Å². The van der Waals surface area contributed by atoms with E-state index in [1.807, 2.05) is 0 Å². The van der Waals surface area contributed by atoms with Crippen molar-refractivity contribution in [2.24, 2.45) is 0 Å². The van der Waals surface area contributed by atoms with Gasteiger partial charge in [-0.1, -0.05) is 148 Å². The summed E-state index contributed by atoms with van der Waals surface area (Å²) in [6.07, 6.45) is 34.8. The lowest BCUT2D eigenvalue weighted by Crippen LogP contribution is -2.27. The maximum absolute atomic E-state index is 12.7. The minimum atomic E-state index is -0.130. The number of aliphatic hydroxyl groups is 1. The maximum Gasteiger partial charge on any atom is 0.306 e. The van der Waals surface area contributed by atoms with Crippen molar-refractivity contribution in [3.63, 3.8) is 0 Å². The number of esters is 2. The highest BCUT2D eigenvalue weighted by molar-refractivity contribution is 5.69. The molecule has 0 saturated carbocycles. The number of hydrogen-bond donors (Lipinski definition) is 1. The summed E-state index contributed by atoms with van der Waals surface area (Å²) in [5, 5.41) is 9.36. The molecule has 0 amide bonds. The van der Waals surface area contributed by atoms with Crippen molar-refractivity contribution in [1.29, 1.82) is 0 Å². The molecule has 0 fully saturated rings. The molecule has 6 nitrogen and oxygen atoms in total. The highest BCUT2D eigenvalue weighted by atomic mass is 16.5. The van der Waals surface area contributed by atoms with E-state index in [4.69, 9.17) is 9.47 Å². The number of rotatable bonds is 38. The number of unbranched alkanes of at least 4 members (excludes halogenated alkanes) is 21. The monoisotopic (exact) mass is 706 g/mol. The predicted molar refractivity (Wildman–Crippen MR) is 212 cm³/mol. The van der Waals surface area contributed by atoms with Crippen LogP contribution >= 0.6 is 0 Å². The zero-order valence-electron chi connectivity index (χ0n) is 33.6. The smallest absolute Gasteiger partial charge is 0.306 e. The Labute approximate surface area is 311 Å². The molecule has 1 N–H and O–H groups in total. The van der Waals surface area contributed by atoms with Gasteiger partial charge in [0.15, 0.2) is 6.61 Å². The Hall–Kier alpha value is -1.58. The van der Waals surface area contributed by atoms with Gasteiger partial charge in [0.2, 0.25) is 0 Å². The fourth-order valence-corrected chi connectivity index (χ4v) is 6.50. The summed E-state index contributed by atoms with van der Waals surface area (Å²) in [4.78, 5) is 27.1.